The van der Waals surface area contributed by atoms with Gasteiger partial charge in [-0.25, -0.2) is 9.78 Å². The number of oxazole rings is 1. The van der Waals surface area contributed by atoms with Gasteiger partial charge in [0, 0.05) is 45.1 Å². The lowest BCUT2D eigenvalue weighted by Crippen LogP contribution is -2.39. The Morgan fingerprint density at radius 2 is 2.23 bits per heavy atom. The Balaban J connectivity index is 1.47. The van der Waals surface area contributed by atoms with E-state index in [4.69, 9.17) is 4.42 Å². The summed E-state index contributed by atoms with van der Waals surface area (Å²) in [5, 5.41) is 3.70. The molecule has 26 heavy (non-hydrogen) atoms. The molecule has 0 spiro atoms. The van der Waals surface area contributed by atoms with Gasteiger partial charge in [-0.2, -0.15) is 0 Å². The molecular weight excluding hydrogens is 334 g/mol. The number of H-pyrrole nitrogens is 1. The second kappa shape index (κ2) is 6.75. The highest BCUT2D eigenvalue weighted by Crippen LogP contribution is 2.31. The van der Waals surface area contributed by atoms with Gasteiger partial charge in [0.25, 0.3) is 5.56 Å². The van der Waals surface area contributed by atoms with E-state index in [1.54, 1.807) is 6.92 Å². The molecule has 1 aliphatic heterocycles. The van der Waals surface area contributed by atoms with Crippen LogP contribution in [0.1, 0.15) is 49.6 Å². The predicted molar refractivity (Wildman–Crippen MR) is 97.7 cm³/mol. The van der Waals surface area contributed by atoms with Crippen LogP contribution in [-0.4, -0.2) is 33.7 Å². The molecule has 0 saturated carbocycles. The van der Waals surface area contributed by atoms with Gasteiger partial charge in [-0.05, 0) is 26.2 Å². The highest BCUT2D eigenvalue weighted by atomic mass is 16.4. The molecule has 2 atom stereocenters. The lowest BCUT2D eigenvalue weighted by Gasteiger charge is -2.25. The average Bonchev–Trinajstić information content (AvgIpc) is 3.21. The van der Waals surface area contributed by atoms with E-state index in [9.17, 15) is 9.59 Å². The first-order valence-electron chi connectivity index (χ1n) is 9.36. The van der Waals surface area contributed by atoms with E-state index in [1.807, 2.05) is 6.92 Å². The van der Waals surface area contributed by atoms with Crippen LogP contribution >= 0.6 is 0 Å². The molecule has 0 amide bonds. The average molecular weight is 359 g/mol. The second-order valence-corrected chi connectivity index (χ2v) is 7.13. The fourth-order valence-electron chi connectivity index (χ4n) is 4.08. The molecule has 4 rings (SSSR count). The number of anilines is 1. The monoisotopic (exact) mass is 359 g/mol. The normalized spacial score (nSPS) is 22.6. The summed E-state index contributed by atoms with van der Waals surface area (Å²) < 4.78 is 6.90. The van der Waals surface area contributed by atoms with Crippen molar-refractivity contribution in [2.24, 2.45) is 0 Å². The summed E-state index contributed by atoms with van der Waals surface area (Å²) in [6.45, 7) is 5.62. The fraction of sp³-hybridized carbons (Fsp3) is 0.611. The summed E-state index contributed by atoms with van der Waals surface area (Å²) in [7, 11) is 0. The van der Waals surface area contributed by atoms with Crippen molar-refractivity contribution in [3.8, 4) is 0 Å². The number of aromatic nitrogens is 3. The molecule has 1 unspecified atom stereocenters. The van der Waals surface area contributed by atoms with Crippen molar-refractivity contribution in [2.75, 3.05) is 18.0 Å². The van der Waals surface area contributed by atoms with Crippen LogP contribution in [0.2, 0.25) is 0 Å². The van der Waals surface area contributed by atoms with Crippen LogP contribution < -0.4 is 21.5 Å². The standard InChI is InChI=1S/C18H25N5O3/c1-3-23-16(24)9-15(21-18(23)25)22-8-7-12(10-22)20-13-5-4-6-14-17(13)19-11(2)26-14/h9,12-13,20H,3-8,10H2,1-2H3,(H,21,25)/t12-,13?/m1/s1. The Hall–Kier alpha value is -2.35. The molecule has 8 heteroatoms. The Bertz CT molecular complexity index is 881. The highest BCUT2D eigenvalue weighted by Gasteiger charge is 2.30. The van der Waals surface area contributed by atoms with Gasteiger partial charge in [-0.15, -0.1) is 0 Å². The first-order valence-corrected chi connectivity index (χ1v) is 9.36. The van der Waals surface area contributed by atoms with Crippen LogP contribution in [0.15, 0.2) is 20.1 Å². The summed E-state index contributed by atoms with van der Waals surface area (Å²) in [6.07, 6.45) is 4.07. The first kappa shape index (κ1) is 17.1. The Labute approximate surface area is 151 Å². The van der Waals surface area contributed by atoms with Crippen molar-refractivity contribution >= 4 is 5.82 Å². The second-order valence-electron chi connectivity index (χ2n) is 7.13. The fourth-order valence-corrected chi connectivity index (χ4v) is 4.08. The van der Waals surface area contributed by atoms with E-state index in [-0.39, 0.29) is 17.3 Å². The maximum Gasteiger partial charge on any atom is 0.329 e. The van der Waals surface area contributed by atoms with Gasteiger partial charge in [-0.1, -0.05) is 0 Å². The predicted octanol–water partition coefficient (Wildman–Crippen LogP) is 1.10. The Kier molecular flexibility index (Phi) is 4.44. The van der Waals surface area contributed by atoms with Crippen LogP contribution in [0.3, 0.4) is 0 Å². The maximum atomic E-state index is 12.1. The number of rotatable bonds is 4. The van der Waals surface area contributed by atoms with Crippen molar-refractivity contribution in [3.63, 3.8) is 0 Å². The third-order valence-electron chi connectivity index (χ3n) is 5.35. The van der Waals surface area contributed by atoms with Gasteiger partial charge >= 0.3 is 5.69 Å². The molecule has 1 saturated heterocycles. The van der Waals surface area contributed by atoms with E-state index in [1.165, 1.54) is 10.6 Å². The largest absolute Gasteiger partial charge is 0.446 e. The van der Waals surface area contributed by atoms with Crippen molar-refractivity contribution in [2.45, 2.75) is 58.2 Å². The van der Waals surface area contributed by atoms with E-state index in [0.29, 0.717) is 18.4 Å². The zero-order valence-electron chi connectivity index (χ0n) is 15.2. The van der Waals surface area contributed by atoms with Crippen LogP contribution in [0.25, 0.3) is 0 Å². The molecular formula is C18H25N5O3. The number of hydrogen-bond acceptors (Lipinski definition) is 6. The number of nitrogens with zero attached hydrogens (tertiary/aromatic N) is 3. The van der Waals surface area contributed by atoms with Gasteiger partial charge in [0.15, 0.2) is 5.89 Å². The third kappa shape index (κ3) is 3.09. The zero-order valence-corrected chi connectivity index (χ0v) is 15.2. The molecule has 0 radical (unpaired) electrons. The molecule has 0 aromatic carbocycles. The molecule has 140 valence electrons. The number of fused-ring (bicyclic) bond motifs is 1. The smallest absolute Gasteiger partial charge is 0.329 e. The van der Waals surface area contributed by atoms with E-state index in [0.717, 1.165) is 56.1 Å². The molecule has 2 aromatic heterocycles. The van der Waals surface area contributed by atoms with E-state index in [2.05, 4.69) is 20.2 Å². The van der Waals surface area contributed by atoms with Gasteiger partial charge in [-0.3, -0.25) is 14.3 Å². The quantitative estimate of drug-likeness (QED) is 0.849. The lowest BCUT2D eigenvalue weighted by molar-refractivity contribution is 0.377. The topological polar surface area (TPSA) is 96.2 Å². The zero-order chi connectivity index (χ0) is 18.3. The lowest BCUT2D eigenvalue weighted by atomic mass is 9.96. The van der Waals surface area contributed by atoms with Crippen molar-refractivity contribution in [1.82, 2.24) is 19.9 Å². The first-order chi connectivity index (χ1) is 12.5. The minimum absolute atomic E-state index is 0.216. The van der Waals surface area contributed by atoms with Crippen molar-refractivity contribution < 1.29 is 4.42 Å². The van der Waals surface area contributed by atoms with Gasteiger partial charge in [0.05, 0.1) is 11.7 Å². The molecule has 2 aliphatic rings. The summed E-state index contributed by atoms with van der Waals surface area (Å²) in [5.74, 6) is 2.34. The summed E-state index contributed by atoms with van der Waals surface area (Å²) >= 11 is 0. The van der Waals surface area contributed by atoms with Gasteiger partial charge < -0.3 is 14.6 Å². The summed E-state index contributed by atoms with van der Waals surface area (Å²) in [6, 6.07) is 2.03. The number of hydrogen-bond donors (Lipinski definition) is 2. The minimum atomic E-state index is -0.346. The third-order valence-corrected chi connectivity index (χ3v) is 5.35. The van der Waals surface area contributed by atoms with Crippen LogP contribution in [0.4, 0.5) is 5.82 Å². The maximum absolute atomic E-state index is 12.1. The van der Waals surface area contributed by atoms with E-state index >= 15 is 0 Å². The van der Waals surface area contributed by atoms with E-state index < -0.39 is 0 Å². The molecule has 1 aliphatic carbocycles. The van der Waals surface area contributed by atoms with Crippen LogP contribution in [0, 0.1) is 6.92 Å². The van der Waals surface area contributed by atoms with Crippen molar-refractivity contribution in [1.29, 1.82) is 0 Å². The molecule has 0 bridgehead atoms. The van der Waals surface area contributed by atoms with Crippen LogP contribution in [-0.2, 0) is 13.0 Å². The Morgan fingerprint density at radius 3 is 3.00 bits per heavy atom. The molecule has 2 aromatic rings. The highest BCUT2D eigenvalue weighted by molar-refractivity contribution is 5.38. The summed E-state index contributed by atoms with van der Waals surface area (Å²) in [4.78, 5) is 33.6. The molecule has 1 fully saturated rings. The summed E-state index contributed by atoms with van der Waals surface area (Å²) in [5.41, 5.74) is 0.449. The van der Waals surface area contributed by atoms with Crippen LogP contribution in [0.5, 0.6) is 0 Å². The Morgan fingerprint density at radius 1 is 1.38 bits per heavy atom. The molecule has 2 N–H and O–H groups in total. The SMILES string of the molecule is CCn1c(=O)cc(N2CC[C@@H](NC3CCCc4oc(C)nc43)C2)[nH]c1=O. The minimum Gasteiger partial charge on any atom is -0.446 e. The van der Waals surface area contributed by atoms with Crippen molar-refractivity contribution in [3.05, 3.63) is 44.2 Å². The number of aromatic amines is 1. The van der Waals surface area contributed by atoms with Gasteiger partial charge in [0.1, 0.15) is 11.6 Å². The number of nitrogens with one attached hydrogen (secondary N) is 2. The molecule has 8 nitrogen and oxygen atoms in total. The van der Waals surface area contributed by atoms with Gasteiger partial charge in [0.2, 0.25) is 0 Å². The number of aryl methyl sites for hydroxylation is 2. The molecule has 3 heterocycles.